The molecule has 0 radical (unpaired) electrons. The van der Waals surface area contributed by atoms with E-state index in [4.69, 9.17) is 21.1 Å². The number of benzene rings is 2. The number of hydrogen-bond acceptors (Lipinski definition) is 6. The average Bonchev–Trinajstić information content (AvgIpc) is 2.91. The molecule has 1 N–H and O–H groups in total. The van der Waals surface area contributed by atoms with Gasteiger partial charge in [0.25, 0.3) is 5.91 Å². The third-order valence-corrected chi connectivity index (χ3v) is 9.93. The molecule has 0 saturated heterocycles. The van der Waals surface area contributed by atoms with Gasteiger partial charge in [0.2, 0.25) is 0 Å². The molecule has 9 heteroatoms. The molecule has 7 nitrogen and oxygen atoms in total. The number of amides is 1. The summed E-state index contributed by atoms with van der Waals surface area (Å²) in [7, 11) is 1.55. The number of Topliss-reactive ketones (excluding diaryl/α,β-unsaturated/α-hetero) is 2. The van der Waals surface area contributed by atoms with Crippen molar-refractivity contribution in [1.82, 2.24) is 4.90 Å². The predicted molar refractivity (Wildman–Crippen MR) is 181 cm³/mol. The molecule has 0 saturated carbocycles. The fourth-order valence-electron chi connectivity index (χ4n) is 6.81. The number of anilines is 1. The summed E-state index contributed by atoms with van der Waals surface area (Å²) in [5.41, 5.74) is 5.48. The third-order valence-electron chi connectivity index (χ3n) is 8.73. The number of carbonyl (C=O) groups excluding carboxylic acids is 3. The summed E-state index contributed by atoms with van der Waals surface area (Å²) >= 11 is 8.38. The number of rotatable bonds is 7. The van der Waals surface area contributed by atoms with E-state index in [-0.39, 0.29) is 34.9 Å². The van der Waals surface area contributed by atoms with Crippen LogP contribution in [-0.2, 0) is 14.4 Å². The molecule has 0 fully saturated rings. The lowest BCUT2D eigenvalue weighted by Gasteiger charge is -2.49. The fraction of sp³-hybridized carbons (Fsp3) is 0.457. The fourth-order valence-corrected chi connectivity index (χ4v) is 7.78. The minimum Gasteiger partial charge on any atom is -0.493 e. The molecule has 2 aromatic rings. The van der Waals surface area contributed by atoms with Crippen LogP contribution in [-0.4, -0.2) is 42.6 Å². The van der Waals surface area contributed by atoms with Gasteiger partial charge in [0, 0.05) is 58.6 Å². The van der Waals surface area contributed by atoms with Crippen LogP contribution in [0.1, 0.15) is 77.3 Å². The number of halogens is 2. The van der Waals surface area contributed by atoms with E-state index < -0.39 is 5.92 Å². The van der Waals surface area contributed by atoms with Gasteiger partial charge < -0.3 is 19.7 Å². The molecule has 1 heterocycles. The highest BCUT2D eigenvalue weighted by molar-refractivity contribution is 14.1. The summed E-state index contributed by atoms with van der Waals surface area (Å²) in [6.45, 7) is 13.0. The topological polar surface area (TPSA) is 84.9 Å². The highest BCUT2D eigenvalue weighted by Gasteiger charge is 2.48. The molecular weight excluding hydrogens is 691 g/mol. The van der Waals surface area contributed by atoms with Gasteiger partial charge in [-0.15, -0.1) is 0 Å². The lowest BCUT2D eigenvalue weighted by atomic mass is 9.63. The van der Waals surface area contributed by atoms with Gasteiger partial charge in [0.1, 0.15) is 0 Å². The summed E-state index contributed by atoms with van der Waals surface area (Å²) in [5.74, 6) is 0.218. The zero-order valence-corrected chi connectivity index (χ0v) is 29.4. The Hall–Kier alpha value is -2.85. The Bertz CT molecular complexity index is 1570. The van der Waals surface area contributed by atoms with Crippen molar-refractivity contribution < 1.29 is 23.9 Å². The third kappa shape index (κ3) is 6.29. The quantitative estimate of drug-likeness (QED) is 0.291. The van der Waals surface area contributed by atoms with E-state index in [1.54, 1.807) is 19.2 Å². The van der Waals surface area contributed by atoms with Crippen LogP contribution in [0.15, 0.2) is 52.9 Å². The van der Waals surface area contributed by atoms with Crippen molar-refractivity contribution >= 4 is 57.4 Å². The summed E-state index contributed by atoms with van der Waals surface area (Å²) in [6, 6.07) is 9.14. The van der Waals surface area contributed by atoms with Crippen LogP contribution in [0.4, 0.5) is 5.69 Å². The number of aryl methyl sites for hydroxylation is 1. The van der Waals surface area contributed by atoms with E-state index in [0.717, 1.165) is 50.1 Å². The molecule has 1 amide bonds. The Balaban J connectivity index is 1.53. The van der Waals surface area contributed by atoms with E-state index in [0.29, 0.717) is 41.6 Å². The molecular formula is C35H40ClIN2O5. The van der Waals surface area contributed by atoms with Gasteiger partial charge in [-0.05, 0) is 95.5 Å². The maximum absolute atomic E-state index is 13.9. The van der Waals surface area contributed by atoms with Gasteiger partial charge >= 0.3 is 0 Å². The Kier molecular flexibility index (Phi) is 8.99. The Morgan fingerprint density at radius 2 is 1.59 bits per heavy atom. The van der Waals surface area contributed by atoms with Crippen LogP contribution in [0.25, 0.3) is 0 Å². The normalized spacial score (nSPS) is 19.5. The monoisotopic (exact) mass is 730 g/mol. The maximum atomic E-state index is 13.9. The van der Waals surface area contributed by atoms with E-state index in [1.165, 1.54) is 0 Å². The highest BCUT2D eigenvalue weighted by Crippen LogP contribution is 2.55. The first kappa shape index (κ1) is 32.5. The van der Waals surface area contributed by atoms with Gasteiger partial charge in [-0.1, -0.05) is 45.4 Å². The molecule has 0 unspecified atom stereocenters. The molecule has 0 bridgehead atoms. The van der Waals surface area contributed by atoms with E-state index >= 15 is 0 Å². The molecule has 2 aromatic carbocycles. The van der Waals surface area contributed by atoms with Crippen molar-refractivity contribution in [1.29, 1.82) is 0 Å². The number of allylic oxidation sites excluding steroid dienone is 4. The number of ether oxygens (including phenoxy) is 2. The highest BCUT2D eigenvalue weighted by atomic mass is 127. The SMILES string of the molecule is CCN1C2=C(C(=O)CC(C)(C)C2)C(c2cc(I)c(OCC(=O)Nc3ccc(C)c(Cl)c3)c(OC)c2)C2=C1CC(C)(C)CC2=O. The number of nitrogens with zero attached hydrogens (tertiary/aromatic N) is 1. The smallest absolute Gasteiger partial charge is 0.262 e. The van der Waals surface area contributed by atoms with Crippen molar-refractivity contribution in [3.8, 4) is 11.5 Å². The molecule has 1 aliphatic heterocycles. The average molecular weight is 731 g/mol. The van der Waals surface area contributed by atoms with Crippen LogP contribution in [0.2, 0.25) is 5.02 Å². The molecule has 5 rings (SSSR count). The Morgan fingerprint density at radius 1 is 1.00 bits per heavy atom. The Morgan fingerprint density at radius 3 is 2.11 bits per heavy atom. The van der Waals surface area contributed by atoms with Crippen molar-refractivity contribution in [3.63, 3.8) is 0 Å². The summed E-state index contributed by atoms with van der Waals surface area (Å²) in [4.78, 5) is 42.9. The molecule has 44 heavy (non-hydrogen) atoms. The number of hydrogen-bond donors (Lipinski definition) is 1. The van der Waals surface area contributed by atoms with Crippen molar-refractivity contribution in [2.45, 2.75) is 73.1 Å². The van der Waals surface area contributed by atoms with Crippen LogP contribution in [0.5, 0.6) is 11.5 Å². The number of methoxy groups -OCH3 is 1. The summed E-state index contributed by atoms with van der Waals surface area (Å²) in [5, 5.41) is 3.38. The molecule has 0 atom stereocenters. The molecule has 2 aliphatic carbocycles. The standard InChI is InChI=1S/C35H40ClIN2O5/c1-8-39-24-14-34(3,4)16-26(40)31(24)30(32-25(39)15-35(5,6)17-27(32)41)20-11-23(37)33(28(12-20)43-7)44-18-29(42)38-21-10-9-19(2)22(36)13-21/h9-13,30H,8,14-18H2,1-7H3,(H,38,42). The molecule has 3 aliphatic rings. The first-order chi connectivity index (χ1) is 20.6. The summed E-state index contributed by atoms with van der Waals surface area (Å²) in [6.07, 6.45) is 2.39. The lowest BCUT2D eigenvalue weighted by molar-refractivity contribution is -0.120. The van der Waals surface area contributed by atoms with Crippen LogP contribution < -0.4 is 14.8 Å². The van der Waals surface area contributed by atoms with E-state index in [1.807, 2.05) is 25.1 Å². The van der Waals surface area contributed by atoms with Crippen LogP contribution in [0, 0.1) is 21.3 Å². The van der Waals surface area contributed by atoms with Crippen LogP contribution in [0.3, 0.4) is 0 Å². The second kappa shape index (κ2) is 12.2. The molecule has 0 aromatic heterocycles. The lowest BCUT2D eigenvalue weighted by Crippen LogP contribution is -2.44. The summed E-state index contributed by atoms with van der Waals surface area (Å²) < 4.78 is 12.5. The van der Waals surface area contributed by atoms with Gasteiger partial charge in [-0.25, -0.2) is 0 Å². The predicted octanol–water partition coefficient (Wildman–Crippen LogP) is 7.98. The van der Waals surface area contributed by atoms with Gasteiger partial charge in [0.05, 0.1) is 10.7 Å². The zero-order valence-electron chi connectivity index (χ0n) is 26.5. The molecule has 234 valence electrons. The van der Waals surface area contributed by atoms with Crippen molar-refractivity contribution in [3.05, 3.63) is 72.6 Å². The maximum Gasteiger partial charge on any atom is 0.262 e. The first-order valence-electron chi connectivity index (χ1n) is 15.0. The van der Waals surface area contributed by atoms with Crippen molar-refractivity contribution in [2.75, 3.05) is 25.6 Å². The van der Waals surface area contributed by atoms with E-state index in [2.05, 4.69) is 67.4 Å². The van der Waals surface area contributed by atoms with Crippen molar-refractivity contribution in [2.24, 2.45) is 10.8 Å². The first-order valence-corrected chi connectivity index (χ1v) is 16.5. The number of nitrogens with one attached hydrogen (secondary N) is 1. The second-order valence-corrected chi connectivity index (χ2v) is 15.2. The second-order valence-electron chi connectivity index (χ2n) is 13.6. The Labute approximate surface area is 278 Å². The van der Waals surface area contributed by atoms with Gasteiger partial charge in [-0.2, -0.15) is 0 Å². The van der Waals surface area contributed by atoms with Crippen LogP contribution >= 0.6 is 34.2 Å². The van der Waals surface area contributed by atoms with Gasteiger partial charge in [0.15, 0.2) is 29.7 Å². The largest absolute Gasteiger partial charge is 0.493 e. The molecule has 0 spiro atoms. The van der Waals surface area contributed by atoms with Gasteiger partial charge in [-0.3, -0.25) is 14.4 Å². The minimum absolute atomic E-state index is 0.0889. The zero-order chi connectivity index (χ0) is 32.1. The van der Waals surface area contributed by atoms with E-state index in [9.17, 15) is 14.4 Å². The number of carbonyl (C=O) groups is 3. The minimum atomic E-state index is -0.485. The number of ketones is 2.